The molecule has 4 heteroatoms. The second kappa shape index (κ2) is 7.55. The fourth-order valence-corrected chi connectivity index (χ4v) is 3.10. The minimum absolute atomic E-state index is 0.183. The molecule has 0 amide bonds. The van der Waals surface area contributed by atoms with E-state index in [1.54, 1.807) is 7.11 Å². The van der Waals surface area contributed by atoms with E-state index in [4.69, 9.17) is 9.47 Å². The summed E-state index contributed by atoms with van der Waals surface area (Å²) in [5, 5.41) is 3.65. The van der Waals surface area contributed by atoms with Gasteiger partial charge in [0.15, 0.2) is 0 Å². The van der Waals surface area contributed by atoms with E-state index in [0.29, 0.717) is 12.1 Å². The van der Waals surface area contributed by atoms with Crippen molar-refractivity contribution < 1.29 is 9.47 Å². The number of rotatable bonds is 7. The van der Waals surface area contributed by atoms with Gasteiger partial charge in [0.1, 0.15) is 0 Å². The minimum Gasteiger partial charge on any atom is -0.377 e. The van der Waals surface area contributed by atoms with E-state index in [-0.39, 0.29) is 12.2 Å². The number of nitrogens with one attached hydrogen (secondary N) is 1. The van der Waals surface area contributed by atoms with Gasteiger partial charge in [-0.25, -0.2) is 0 Å². The maximum atomic E-state index is 5.65. The normalized spacial score (nSPS) is 27.1. The van der Waals surface area contributed by atoms with Crippen molar-refractivity contribution in [2.45, 2.75) is 51.0 Å². The lowest BCUT2D eigenvalue weighted by molar-refractivity contribution is -0.132. The summed E-state index contributed by atoms with van der Waals surface area (Å²) in [7, 11) is 1.77. The average molecular weight is 342 g/mol. The second-order valence-corrected chi connectivity index (χ2v) is 6.35. The molecule has 2 rings (SSSR count). The molecule has 4 unspecified atom stereocenters. The minimum atomic E-state index is 0.183. The monoisotopic (exact) mass is 341 g/mol. The predicted octanol–water partition coefficient (Wildman–Crippen LogP) is 3.16. The highest BCUT2D eigenvalue weighted by Gasteiger charge is 2.42. The fourth-order valence-electron chi connectivity index (χ4n) is 2.84. The molecule has 0 saturated heterocycles. The highest BCUT2D eigenvalue weighted by molar-refractivity contribution is 9.10. The molecule has 1 aromatic carbocycles. The lowest BCUT2D eigenvalue weighted by atomic mass is 9.84. The molecule has 0 heterocycles. The van der Waals surface area contributed by atoms with Crippen molar-refractivity contribution in [3.63, 3.8) is 0 Å². The van der Waals surface area contributed by atoms with E-state index in [1.807, 2.05) is 6.92 Å². The number of methoxy groups -OCH3 is 1. The summed E-state index contributed by atoms with van der Waals surface area (Å²) in [6.07, 6.45) is 2.50. The number of halogens is 1. The van der Waals surface area contributed by atoms with Crippen LogP contribution in [0.5, 0.6) is 0 Å². The number of hydrogen-bond donors (Lipinski definition) is 1. The molecule has 1 fully saturated rings. The third-order valence-electron chi connectivity index (χ3n) is 3.86. The average Bonchev–Trinajstić information content (AvgIpc) is 2.40. The first-order chi connectivity index (χ1) is 9.63. The van der Waals surface area contributed by atoms with E-state index < -0.39 is 0 Å². The molecule has 1 aliphatic rings. The Morgan fingerprint density at radius 2 is 2.05 bits per heavy atom. The van der Waals surface area contributed by atoms with Crippen LogP contribution >= 0.6 is 15.9 Å². The number of benzene rings is 1. The van der Waals surface area contributed by atoms with Crippen LogP contribution < -0.4 is 5.32 Å². The van der Waals surface area contributed by atoms with Crippen molar-refractivity contribution in [2.75, 3.05) is 13.7 Å². The van der Waals surface area contributed by atoms with Crippen LogP contribution in [0.1, 0.15) is 25.8 Å². The lowest BCUT2D eigenvalue weighted by Gasteiger charge is -2.44. The second-order valence-electron chi connectivity index (χ2n) is 5.43. The van der Waals surface area contributed by atoms with Crippen molar-refractivity contribution in [3.05, 3.63) is 34.3 Å². The summed E-state index contributed by atoms with van der Waals surface area (Å²) in [6.45, 7) is 5.01. The van der Waals surface area contributed by atoms with Crippen LogP contribution in [0.2, 0.25) is 0 Å². The quantitative estimate of drug-likeness (QED) is 0.826. The zero-order valence-electron chi connectivity index (χ0n) is 12.4. The van der Waals surface area contributed by atoms with Gasteiger partial charge in [0, 0.05) is 30.3 Å². The summed E-state index contributed by atoms with van der Waals surface area (Å²) >= 11 is 3.46. The molecular weight excluding hydrogens is 318 g/mol. The van der Waals surface area contributed by atoms with Crippen LogP contribution in [-0.2, 0) is 15.9 Å². The Labute approximate surface area is 130 Å². The summed E-state index contributed by atoms with van der Waals surface area (Å²) in [5.74, 6) is 0. The van der Waals surface area contributed by atoms with Gasteiger partial charge < -0.3 is 14.8 Å². The molecule has 0 radical (unpaired) electrons. The van der Waals surface area contributed by atoms with Crippen LogP contribution in [0.3, 0.4) is 0 Å². The highest BCUT2D eigenvalue weighted by atomic mass is 79.9. The van der Waals surface area contributed by atoms with E-state index >= 15 is 0 Å². The van der Waals surface area contributed by atoms with Gasteiger partial charge in [0.25, 0.3) is 0 Å². The van der Waals surface area contributed by atoms with Gasteiger partial charge in [0.05, 0.1) is 12.2 Å². The molecule has 3 nitrogen and oxygen atoms in total. The number of hydrogen-bond acceptors (Lipinski definition) is 3. The van der Waals surface area contributed by atoms with Crippen molar-refractivity contribution >= 4 is 15.9 Å². The Morgan fingerprint density at radius 3 is 2.65 bits per heavy atom. The van der Waals surface area contributed by atoms with Crippen LogP contribution in [0.4, 0.5) is 0 Å². The highest BCUT2D eigenvalue weighted by Crippen LogP contribution is 2.27. The number of ether oxygens (including phenoxy) is 2. The van der Waals surface area contributed by atoms with E-state index in [9.17, 15) is 0 Å². The standard InChI is InChI=1S/C16H24BrNO2/c1-4-20-15-10-14(16(15)19-3)18-11(2)9-12-5-7-13(17)8-6-12/h5-8,11,14-16,18H,4,9-10H2,1-3H3. The smallest absolute Gasteiger partial charge is 0.0986 e. The van der Waals surface area contributed by atoms with Crippen LogP contribution in [0, 0.1) is 0 Å². The third-order valence-corrected chi connectivity index (χ3v) is 4.38. The Balaban J connectivity index is 1.80. The SMILES string of the molecule is CCOC1CC(NC(C)Cc2ccc(Br)cc2)C1OC. The van der Waals surface area contributed by atoms with Gasteiger partial charge in [0.2, 0.25) is 0 Å². The van der Waals surface area contributed by atoms with Gasteiger partial charge in [-0.2, -0.15) is 0 Å². The molecular formula is C16H24BrNO2. The van der Waals surface area contributed by atoms with Gasteiger partial charge >= 0.3 is 0 Å². The predicted molar refractivity (Wildman–Crippen MR) is 85.1 cm³/mol. The molecule has 1 saturated carbocycles. The topological polar surface area (TPSA) is 30.5 Å². The molecule has 0 aromatic heterocycles. The largest absolute Gasteiger partial charge is 0.377 e. The van der Waals surface area contributed by atoms with Gasteiger partial charge in [-0.05, 0) is 44.4 Å². The van der Waals surface area contributed by atoms with Crippen LogP contribution in [0.25, 0.3) is 0 Å². The van der Waals surface area contributed by atoms with Gasteiger partial charge in [-0.1, -0.05) is 28.1 Å². The Hall–Kier alpha value is -0.420. The molecule has 20 heavy (non-hydrogen) atoms. The molecule has 112 valence electrons. The third kappa shape index (κ3) is 4.04. The summed E-state index contributed by atoms with van der Waals surface area (Å²) in [6, 6.07) is 9.35. The molecule has 1 aromatic rings. The van der Waals surface area contributed by atoms with Crippen molar-refractivity contribution in [1.29, 1.82) is 0 Å². The summed E-state index contributed by atoms with van der Waals surface area (Å²) in [5.41, 5.74) is 1.35. The Kier molecular flexibility index (Phi) is 6.02. The van der Waals surface area contributed by atoms with Crippen LogP contribution in [0.15, 0.2) is 28.7 Å². The van der Waals surface area contributed by atoms with Crippen molar-refractivity contribution in [3.8, 4) is 0 Å². The molecule has 1 N–H and O–H groups in total. The molecule has 1 aliphatic carbocycles. The molecule has 4 atom stereocenters. The zero-order chi connectivity index (χ0) is 14.5. The summed E-state index contributed by atoms with van der Waals surface area (Å²) < 4.78 is 12.3. The zero-order valence-corrected chi connectivity index (χ0v) is 14.0. The first kappa shape index (κ1) is 16.0. The van der Waals surface area contributed by atoms with Crippen LogP contribution in [-0.4, -0.2) is 38.0 Å². The maximum Gasteiger partial charge on any atom is 0.0986 e. The van der Waals surface area contributed by atoms with Crippen molar-refractivity contribution in [1.82, 2.24) is 5.32 Å². The van der Waals surface area contributed by atoms with Gasteiger partial charge in [-0.3, -0.25) is 0 Å². The first-order valence-corrected chi connectivity index (χ1v) is 8.08. The van der Waals surface area contributed by atoms with E-state index in [0.717, 1.165) is 23.9 Å². The summed E-state index contributed by atoms with van der Waals surface area (Å²) in [4.78, 5) is 0. The fraction of sp³-hybridized carbons (Fsp3) is 0.625. The Bertz CT molecular complexity index is 409. The molecule has 0 aliphatic heterocycles. The maximum absolute atomic E-state index is 5.65. The van der Waals surface area contributed by atoms with Crippen molar-refractivity contribution in [2.24, 2.45) is 0 Å². The molecule has 0 bridgehead atoms. The molecule has 0 spiro atoms. The lowest BCUT2D eigenvalue weighted by Crippen LogP contribution is -2.61. The van der Waals surface area contributed by atoms with Gasteiger partial charge in [-0.15, -0.1) is 0 Å². The van der Waals surface area contributed by atoms with E-state index in [2.05, 4.69) is 52.4 Å². The van der Waals surface area contributed by atoms with E-state index in [1.165, 1.54) is 5.56 Å². The first-order valence-electron chi connectivity index (χ1n) is 7.29. The Morgan fingerprint density at radius 1 is 1.35 bits per heavy atom.